The van der Waals surface area contributed by atoms with Crippen LogP contribution in [0.15, 0.2) is 29.2 Å². The van der Waals surface area contributed by atoms with Crippen LogP contribution in [-0.2, 0) is 10.0 Å². The molecule has 0 bridgehead atoms. The number of hydrogen-bond acceptors (Lipinski definition) is 5. The number of likely N-dealkylation sites (tertiary alicyclic amines) is 1. The van der Waals surface area contributed by atoms with Gasteiger partial charge in [-0.1, -0.05) is 6.92 Å². The summed E-state index contributed by atoms with van der Waals surface area (Å²) in [4.78, 5) is 14.8. The molecule has 1 fully saturated rings. The van der Waals surface area contributed by atoms with Gasteiger partial charge in [0.05, 0.1) is 11.0 Å². The molecule has 2 rings (SSSR count). The highest BCUT2D eigenvalue weighted by Gasteiger charge is 2.21. The van der Waals surface area contributed by atoms with Gasteiger partial charge in [-0.15, -0.1) is 0 Å². The summed E-state index contributed by atoms with van der Waals surface area (Å²) in [5.74, 6) is -0.205. The Balaban J connectivity index is 1.92. The summed E-state index contributed by atoms with van der Waals surface area (Å²) in [5.41, 5.74) is 0.428. The van der Waals surface area contributed by atoms with Crippen LogP contribution in [0.3, 0.4) is 0 Å². The Morgan fingerprint density at radius 3 is 2.50 bits per heavy atom. The summed E-state index contributed by atoms with van der Waals surface area (Å²) in [6.45, 7) is 4.94. The number of hydrogen-bond donors (Lipinski definition) is 2. The second-order valence-electron chi connectivity index (χ2n) is 6.35. The second kappa shape index (κ2) is 9.67. The van der Waals surface area contributed by atoms with Crippen LogP contribution in [0, 0.1) is 11.3 Å². The number of carbonyl (C=O) groups is 1. The van der Waals surface area contributed by atoms with Crippen molar-refractivity contribution in [2.45, 2.75) is 43.5 Å². The van der Waals surface area contributed by atoms with E-state index in [2.05, 4.69) is 21.9 Å². The van der Waals surface area contributed by atoms with Crippen molar-refractivity contribution < 1.29 is 13.2 Å². The van der Waals surface area contributed by atoms with E-state index in [1.54, 1.807) is 0 Å². The van der Waals surface area contributed by atoms with E-state index in [0.29, 0.717) is 18.2 Å². The first-order chi connectivity index (χ1) is 12.5. The highest BCUT2D eigenvalue weighted by Crippen LogP contribution is 2.14. The molecule has 0 spiro atoms. The lowest BCUT2D eigenvalue weighted by molar-refractivity contribution is 0.0937. The normalized spacial score (nSPS) is 16.2. The second-order valence-corrected chi connectivity index (χ2v) is 8.11. The lowest BCUT2D eigenvalue weighted by Crippen LogP contribution is -2.42. The van der Waals surface area contributed by atoms with Gasteiger partial charge in [0.25, 0.3) is 5.91 Å². The SMILES string of the molecule is CCC(CNC(=O)c1ccc(S(=O)(=O)NCCC#N)cc1)N1CCCC1. The number of carbonyl (C=O) groups excluding carboxylic acids is 1. The third kappa shape index (κ3) is 5.53. The minimum absolute atomic E-state index is 0.0655. The van der Waals surface area contributed by atoms with Gasteiger partial charge in [0, 0.05) is 31.1 Å². The van der Waals surface area contributed by atoms with Gasteiger partial charge in [0.15, 0.2) is 0 Å². The number of rotatable bonds is 9. The molecule has 8 heteroatoms. The van der Waals surface area contributed by atoms with E-state index in [1.807, 2.05) is 6.07 Å². The van der Waals surface area contributed by atoms with Crippen molar-refractivity contribution in [3.8, 4) is 6.07 Å². The van der Waals surface area contributed by atoms with Gasteiger partial charge >= 0.3 is 0 Å². The van der Waals surface area contributed by atoms with Crippen LogP contribution in [-0.4, -0.2) is 51.4 Å². The van der Waals surface area contributed by atoms with Crippen LogP contribution < -0.4 is 10.0 Å². The van der Waals surface area contributed by atoms with Crippen molar-refractivity contribution in [3.05, 3.63) is 29.8 Å². The molecule has 7 nitrogen and oxygen atoms in total. The molecule has 1 aliphatic heterocycles. The monoisotopic (exact) mass is 378 g/mol. The number of nitrogens with zero attached hydrogens (tertiary/aromatic N) is 2. The fourth-order valence-corrected chi connectivity index (χ4v) is 4.09. The van der Waals surface area contributed by atoms with E-state index in [1.165, 1.54) is 37.1 Å². The van der Waals surface area contributed by atoms with E-state index < -0.39 is 10.0 Å². The molecule has 1 aromatic rings. The predicted molar refractivity (Wildman–Crippen MR) is 99.1 cm³/mol. The van der Waals surface area contributed by atoms with Crippen molar-refractivity contribution in [2.24, 2.45) is 0 Å². The molecule has 1 aliphatic rings. The Bertz CT molecular complexity index is 735. The quantitative estimate of drug-likeness (QED) is 0.634. The zero-order valence-electron chi connectivity index (χ0n) is 15.1. The summed E-state index contributed by atoms with van der Waals surface area (Å²) in [7, 11) is -3.66. The van der Waals surface area contributed by atoms with E-state index >= 15 is 0 Å². The van der Waals surface area contributed by atoms with E-state index in [0.717, 1.165) is 19.5 Å². The molecule has 2 N–H and O–H groups in total. The first-order valence-electron chi connectivity index (χ1n) is 8.97. The average molecular weight is 378 g/mol. The van der Waals surface area contributed by atoms with Crippen molar-refractivity contribution in [1.29, 1.82) is 5.26 Å². The third-order valence-electron chi connectivity index (χ3n) is 4.58. The predicted octanol–water partition coefficient (Wildman–Crippen LogP) is 1.48. The molecule has 1 atom stereocenters. The van der Waals surface area contributed by atoms with Crippen LogP contribution in [0.2, 0.25) is 0 Å². The Morgan fingerprint density at radius 2 is 1.92 bits per heavy atom. The standard InChI is InChI=1S/C18H26N4O3S/c1-2-16(22-12-3-4-13-22)14-20-18(23)15-6-8-17(9-7-15)26(24,25)21-11-5-10-19/h6-9,16,21H,2-5,11-14H2,1H3,(H,20,23). The fraction of sp³-hybridized carbons (Fsp3) is 0.556. The first-order valence-corrected chi connectivity index (χ1v) is 10.4. The van der Waals surface area contributed by atoms with Gasteiger partial charge in [-0.05, 0) is 56.6 Å². The Labute approximate surface area is 155 Å². The Kier molecular flexibility index (Phi) is 7.57. The summed E-state index contributed by atoms with van der Waals surface area (Å²) < 4.78 is 26.5. The zero-order valence-corrected chi connectivity index (χ0v) is 15.9. The smallest absolute Gasteiger partial charge is 0.251 e. The maximum Gasteiger partial charge on any atom is 0.251 e. The Hall–Kier alpha value is -1.95. The third-order valence-corrected chi connectivity index (χ3v) is 6.06. The zero-order chi connectivity index (χ0) is 19.0. The molecular formula is C18H26N4O3S. The van der Waals surface area contributed by atoms with Crippen LogP contribution in [0.1, 0.15) is 43.0 Å². The minimum atomic E-state index is -3.66. The van der Waals surface area contributed by atoms with Gasteiger partial charge in [-0.3, -0.25) is 9.69 Å². The highest BCUT2D eigenvalue weighted by molar-refractivity contribution is 7.89. The van der Waals surface area contributed by atoms with Crippen molar-refractivity contribution in [1.82, 2.24) is 14.9 Å². The van der Waals surface area contributed by atoms with Gasteiger partial charge in [-0.2, -0.15) is 5.26 Å². The van der Waals surface area contributed by atoms with Crippen LogP contribution in [0.4, 0.5) is 0 Å². The molecule has 1 heterocycles. The first kappa shape index (κ1) is 20.4. The molecule has 142 valence electrons. The maximum atomic E-state index is 12.3. The van der Waals surface area contributed by atoms with Crippen LogP contribution in [0.5, 0.6) is 0 Å². The summed E-state index contributed by atoms with van der Waals surface area (Å²) >= 11 is 0. The number of amides is 1. The topological polar surface area (TPSA) is 102 Å². The number of nitriles is 1. The largest absolute Gasteiger partial charge is 0.350 e. The average Bonchev–Trinajstić information content (AvgIpc) is 3.17. The minimum Gasteiger partial charge on any atom is -0.350 e. The maximum absolute atomic E-state index is 12.3. The van der Waals surface area contributed by atoms with Crippen LogP contribution in [0.25, 0.3) is 0 Å². The molecule has 0 radical (unpaired) electrons. The van der Waals surface area contributed by atoms with Gasteiger partial charge in [0.1, 0.15) is 0 Å². The molecule has 0 saturated carbocycles. The molecule has 1 unspecified atom stereocenters. The number of nitrogens with one attached hydrogen (secondary N) is 2. The lowest BCUT2D eigenvalue weighted by atomic mass is 10.1. The molecule has 1 amide bonds. The van der Waals surface area contributed by atoms with Gasteiger partial charge < -0.3 is 5.32 Å². The molecule has 0 aromatic heterocycles. The number of benzene rings is 1. The highest BCUT2D eigenvalue weighted by atomic mass is 32.2. The lowest BCUT2D eigenvalue weighted by Gasteiger charge is -2.26. The van der Waals surface area contributed by atoms with E-state index in [4.69, 9.17) is 5.26 Å². The summed E-state index contributed by atoms with van der Waals surface area (Å²) in [6.07, 6.45) is 3.51. The molecule has 0 aliphatic carbocycles. The summed E-state index contributed by atoms with van der Waals surface area (Å²) in [5, 5.41) is 11.4. The van der Waals surface area contributed by atoms with Crippen LogP contribution >= 0.6 is 0 Å². The molecular weight excluding hydrogens is 352 g/mol. The Morgan fingerprint density at radius 1 is 1.27 bits per heavy atom. The molecule has 26 heavy (non-hydrogen) atoms. The van der Waals surface area contributed by atoms with Gasteiger partial charge in [-0.25, -0.2) is 13.1 Å². The fourth-order valence-electron chi connectivity index (χ4n) is 3.06. The number of sulfonamides is 1. The molecule has 1 saturated heterocycles. The van der Waals surface area contributed by atoms with Crippen molar-refractivity contribution in [2.75, 3.05) is 26.2 Å². The van der Waals surface area contributed by atoms with E-state index in [-0.39, 0.29) is 23.8 Å². The summed E-state index contributed by atoms with van der Waals surface area (Å²) in [6, 6.07) is 8.04. The van der Waals surface area contributed by atoms with Crippen molar-refractivity contribution in [3.63, 3.8) is 0 Å². The van der Waals surface area contributed by atoms with Gasteiger partial charge in [0.2, 0.25) is 10.0 Å². The van der Waals surface area contributed by atoms with Crippen molar-refractivity contribution >= 4 is 15.9 Å². The molecule has 1 aromatic carbocycles. The van der Waals surface area contributed by atoms with E-state index in [9.17, 15) is 13.2 Å².